The molecule has 0 amide bonds. The number of para-hydroxylation sites is 2. The summed E-state index contributed by atoms with van der Waals surface area (Å²) in [6.45, 7) is 0.106. The first-order chi connectivity index (χ1) is 10.1. The summed E-state index contributed by atoms with van der Waals surface area (Å²) in [6.07, 6.45) is 1.58. The number of sulfonamides is 1. The average molecular weight is 299 g/mol. The maximum atomic E-state index is 12.1. The van der Waals surface area contributed by atoms with E-state index in [0.29, 0.717) is 5.69 Å². The van der Waals surface area contributed by atoms with E-state index in [1.54, 1.807) is 36.5 Å². The number of nitrogens with one attached hydrogen (secondary N) is 1. The monoisotopic (exact) mass is 299 g/mol. The van der Waals surface area contributed by atoms with E-state index in [9.17, 15) is 8.42 Å². The second-order valence-corrected chi connectivity index (χ2v) is 6.25. The second kappa shape index (κ2) is 5.59. The third kappa shape index (κ3) is 3.07. The quantitative estimate of drug-likeness (QED) is 0.801. The second-order valence-electron chi connectivity index (χ2n) is 4.49. The van der Waals surface area contributed by atoms with Gasteiger partial charge < -0.3 is 0 Å². The molecule has 1 N–H and O–H groups in total. The van der Waals surface area contributed by atoms with Crippen molar-refractivity contribution in [3.63, 3.8) is 0 Å². The van der Waals surface area contributed by atoms with Crippen LogP contribution in [-0.2, 0) is 16.6 Å². The molecule has 5 nitrogen and oxygen atoms in total. The van der Waals surface area contributed by atoms with Crippen LogP contribution >= 0.6 is 0 Å². The van der Waals surface area contributed by atoms with Crippen LogP contribution in [0.1, 0.15) is 5.69 Å². The molecule has 3 aromatic rings. The first kappa shape index (κ1) is 13.7. The third-order valence-corrected chi connectivity index (χ3v) is 4.41. The van der Waals surface area contributed by atoms with Crippen molar-refractivity contribution in [1.82, 2.24) is 14.7 Å². The lowest BCUT2D eigenvalue weighted by atomic mass is 10.3. The molecule has 1 heterocycles. The smallest absolute Gasteiger partial charge is 0.240 e. The number of nitrogens with zero attached hydrogens (tertiary/aromatic N) is 2. The molecular formula is C15H13N3O2S. The minimum atomic E-state index is -3.53. The van der Waals surface area contributed by atoms with Gasteiger partial charge in [-0.2, -0.15) is 0 Å². The molecule has 0 saturated carbocycles. The fourth-order valence-electron chi connectivity index (χ4n) is 1.93. The topological polar surface area (TPSA) is 72.0 Å². The summed E-state index contributed by atoms with van der Waals surface area (Å²) in [5.74, 6) is 0. The molecule has 0 bridgehead atoms. The predicted molar refractivity (Wildman–Crippen MR) is 80.0 cm³/mol. The minimum absolute atomic E-state index is 0.106. The van der Waals surface area contributed by atoms with E-state index in [4.69, 9.17) is 0 Å². The van der Waals surface area contributed by atoms with Crippen LogP contribution in [0.3, 0.4) is 0 Å². The highest BCUT2D eigenvalue weighted by Crippen LogP contribution is 2.10. The van der Waals surface area contributed by atoms with Gasteiger partial charge in [0.1, 0.15) is 0 Å². The molecule has 0 atom stereocenters. The Kier molecular flexibility index (Phi) is 3.64. The van der Waals surface area contributed by atoms with Crippen molar-refractivity contribution < 1.29 is 8.42 Å². The van der Waals surface area contributed by atoms with Gasteiger partial charge in [-0.05, 0) is 24.3 Å². The van der Waals surface area contributed by atoms with Crippen LogP contribution < -0.4 is 4.72 Å². The lowest BCUT2D eigenvalue weighted by molar-refractivity contribution is 0.580. The Balaban J connectivity index is 1.80. The summed E-state index contributed by atoms with van der Waals surface area (Å²) in [5.41, 5.74) is 2.11. The normalized spacial score (nSPS) is 11.6. The summed E-state index contributed by atoms with van der Waals surface area (Å²) in [6, 6.07) is 15.7. The van der Waals surface area contributed by atoms with Crippen molar-refractivity contribution >= 4 is 21.1 Å². The summed E-state index contributed by atoms with van der Waals surface area (Å²) >= 11 is 0. The lowest BCUT2D eigenvalue weighted by Crippen LogP contribution is -2.23. The van der Waals surface area contributed by atoms with E-state index >= 15 is 0 Å². The molecule has 106 valence electrons. The van der Waals surface area contributed by atoms with Crippen LogP contribution in [0.5, 0.6) is 0 Å². The Labute approximate surface area is 122 Å². The van der Waals surface area contributed by atoms with Gasteiger partial charge in [-0.15, -0.1) is 0 Å². The predicted octanol–water partition coefficient (Wildman–Crippen LogP) is 2.11. The van der Waals surface area contributed by atoms with E-state index in [1.165, 1.54) is 0 Å². The van der Waals surface area contributed by atoms with Crippen molar-refractivity contribution in [2.45, 2.75) is 11.4 Å². The zero-order valence-electron chi connectivity index (χ0n) is 11.1. The van der Waals surface area contributed by atoms with E-state index in [1.807, 2.05) is 24.3 Å². The van der Waals surface area contributed by atoms with Crippen molar-refractivity contribution in [2.75, 3.05) is 0 Å². The Bertz CT molecular complexity index is 864. The van der Waals surface area contributed by atoms with Gasteiger partial charge in [0.05, 0.1) is 34.4 Å². The van der Waals surface area contributed by atoms with Crippen LogP contribution in [0, 0.1) is 0 Å². The molecule has 6 heteroatoms. The number of hydrogen-bond donors (Lipinski definition) is 1. The van der Waals surface area contributed by atoms with Crippen LogP contribution in [0.2, 0.25) is 0 Å². The molecule has 0 aliphatic carbocycles. The SMILES string of the molecule is O=S(=O)(NCc1cnc2ccccc2n1)c1ccccc1. The first-order valence-corrected chi connectivity index (χ1v) is 7.89. The first-order valence-electron chi connectivity index (χ1n) is 6.40. The molecule has 0 spiro atoms. The number of benzene rings is 2. The zero-order valence-corrected chi connectivity index (χ0v) is 11.9. The van der Waals surface area contributed by atoms with E-state index in [-0.39, 0.29) is 11.4 Å². The van der Waals surface area contributed by atoms with Gasteiger partial charge in [-0.1, -0.05) is 30.3 Å². The molecule has 3 rings (SSSR count). The third-order valence-electron chi connectivity index (χ3n) is 3.00. The number of fused-ring (bicyclic) bond motifs is 1. The molecule has 0 saturated heterocycles. The molecule has 0 fully saturated rings. The van der Waals surface area contributed by atoms with Crippen molar-refractivity contribution in [1.29, 1.82) is 0 Å². The summed E-state index contributed by atoms with van der Waals surface area (Å²) in [5, 5.41) is 0. The number of hydrogen-bond acceptors (Lipinski definition) is 4. The van der Waals surface area contributed by atoms with E-state index < -0.39 is 10.0 Å². The number of rotatable bonds is 4. The van der Waals surface area contributed by atoms with Crippen LogP contribution in [0.15, 0.2) is 65.7 Å². The number of aromatic nitrogens is 2. The largest absolute Gasteiger partial charge is 0.253 e. The Hall–Kier alpha value is -2.31. The fraction of sp³-hybridized carbons (Fsp3) is 0.0667. The van der Waals surface area contributed by atoms with Gasteiger partial charge in [0.2, 0.25) is 10.0 Å². The van der Waals surface area contributed by atoms with Gasteiger partial charge in [0, 0.05) is 0 Å². The van der Waals surface area contributed by atoms with Crippen LogP contribution in [0.25, 0.3) is 11.0 Å². The summed E-state index contributed by atoms with van der Waals surface area (Å²) in [4.78, 5) is 8.87. The minimum Gasteiger partial charge on any atom is -0.253 e. The highest BCUT2D eigenvalue weighted by atomic mass is 32.2. The van der Waals surface area contributed by atoms with Gasteiger partial charge >= 0.3 is 0 Å². The van der Waals surface area contributed by atoms with Gasteiger partial charge in [0.15, 0.2) is 0 Å². The van der Waals surface area contributed by atoms with Crippen molar-refractivity contribution in [3.8, 4) is 0 Å². The fourth-order valence-corrected chi connectivity index (χ4v) is 2.95. The Morgan fingerprint density at radius 3 is 2.33 bits per heavy atom. The summed E-state index contributed by atoms with van der Waals surface area (Å²) in [7, 11) is -3.53. The highest BCUT2D eigenvalue weighted by Gasteiger charge is 2.13. The van der Waals surface area contributed by atoms with Crippen molar-refractivity contribution in [3.05, 3.63) is 66.5 Å². The standard InChI is InChI=1S/C15H13N3O2S/c19-21(20,13-6-2-1-3-7-13)17-11-12-10-16-14-8-4-5-9-15(14)18-12/h1-10,17H,11H2. The van der Waals surface area contributed by atoms with Crippen molar-refractivity contribution in [2.24, 2.45) is 0 Å². The molecule has 0 aliphatic rings. The Morgan fingerprint density at radius 1 is 0.905 bits per heavy atom. The van der Waals surface area contributed by atoms with E-state index in [2.05, 4.69) is 14.7 Å². The van der Waals surface area contributed by atoms with Gasteiger partial charge in [0.25, 0.3) is 0 Å². The van der Waals surface area contributed by atoms with Crippen LogP contribution in [-0.4, -0.2) is 18.4 Å². The van der Waals surface area contributed by atoms with Crippen LogP contribution in [0.4, 0.5) is 0 Å². The highest BCUT2D eigenvalue weighted by molar-refractivity contribution is 7.89. The molecule has 0 radical (unpaired) electrons. The molecule has 0 aliphatic heterocycles. The summed E-state index contributed by atoms with van der Waals surface area (Å²) < 4.78 is 26.7. The van der Waals surface area contributed by atoms with Gasteiger partial charge in [-0.3, -0.25) is 4.98 Å². The average Bonchev–Trinajstić information content (AvgIpc) is 2.54. The maximum absolute atomic E-state index is 12.1. The Morgan fingerprint density at radius 2 is 1.57 bits per heavy atom. The molecule has 2 aromatic carbocycles. The molecular weight excluding hydrogens is 286 g/mol. The van der Waals surface area contributed by atoms with Gasteiger partial charge in [-0.25, -0.2) is 18.1 Å². The molecule has 0 unspecified atom stereocenters. The maximum Gasteiger partial charge on any atom is 0.240 e. The van der Waals surface area contributed by atoms with E-state index in [0.717, 1.165) is 11.0 Å². The molecule has 21 heavy (non-hydrogen) atoms. The molecule has 1 aromatic heterocycles. The lowest BCUT2D eigenvalue weighted by Gasteiger charge is -2.06. The zero-order chi connectivity index (χ0) is 14.7.